The van der Waals surface area contributed by atoms with Gasteiger partial charge in [-0.25, -0.2) is 9.97 Å². The molecule has 1 aromatic heterocycles. The third kappa shape index (κ3) is 2.84. The van der Waals surface area contributed by atoms with E-state index in [1.54, 1.807) is 6.07 Å². The van der Waals surface area contributed by atoms with Crippen LogP contribution in [0.25, 0.3) is 11.4 Å². The summed E-state index contributed by atoms with van der Waals surface area (Å²) < 4.78 is 0. The number of nitrogens with zero attached hydrogens (tertiary/aromatic N) is 2. The van der Waals surface area contributed by atoms with Gasteiger partial charge in [-0.05, 0) is 18.8 Å². The fraction of sp³-hybridized carbons (Fsp3) is 0.333. The van der Waals surface area contributed by atoms with E-state index in [1.165, 1.54) is 19.3 Å². The first-order chi connectivity index (χ1) is 9.31. The van der Waals surface area contributed by atoms with Crippen LogP contribution in [0, 0.1) is 5.92 Å². The molecule has 1 fully saturated rings. The average Bonchev–Trinajstić information content (AvgIpc) is 2.37. The van der Waals surface area contributed by atoms with Crippen molar-refractivity contribution in [1.82, 2.24) is 9.97 Å². The number of rotatable bonds is 4. The Labute approximate surface area is 113 Å². The number of anilines is 2. The van der Waals surface area contributed by atoms with Crippen LogP contribution in [0.15, 0.2) is 36.4 Å². The molecule has 0 aliphatic heterocycles. The standard InChI is InChI=1S/C15H18N4/c16-13-9-14(17-10-11-5-4-6-11)19-15(18-13)12-7-2-1-3-8-12/h1-3,7-9,11H,4-6,10H2,(H3,16,17,18,19). The summed E-state index contributed by atoms with van der Waals surface area (Å²) in [6.45, 7) is 0.977. The van der Waals surface area contributed by atoms with Crippen LogP contribution in [0.3, 0.4) is 0 Å². The van der Waals surface area contributed by atoms with E-state index in [4.69, 9.17) is 5.73 Å². The van der Waals surface area contributed by atoms with Crippen molar-refractivity contribution in [2.45, 2.75) is 19.3 Å². The van der Waals surface area contributed by atoms with Crippen LogP contribution in [-0.4, -0.2) is 16.5 Å². The zero-order valence-electron chi connectivity index (χ0n) is 10.8. The van der Waals surface area contributed by atoms with Crippen LogP contribution in [0.1, 0.15) is 19.3 Å². The molecule has 0 atom stereocenters. The van der Waals surface area contributed by atoms with Crippen LogP contribution >= 0.6 is 0 Å². The quantitative estimate of drug-likeness (QED) is 0.880. The highest BCUT2D eigenvalue weighted by molar-refractivity contribution is 5.60. The van der Waals surface area contributed by atoms with Gasteiger partial charge in [0.1, 0.15) is 11.6 Å². The van der Waals surface area contributed by atoms with E-state index in [-0.39, 0.29) is 0 Å². The number of hydrogen-bond acceptors (Lipinski definition) is 4. The summed E-state index contributed by atoms with van der Waals surface area (Å²) in [5.41, 5.74) is 6.85. The maximum atomic E-state index is 5.86. The largest absolute Gasteiger partial charge is 0.384 e. The highest BCUT2D eigenvalue weighted by atomic mass is 15.0. The lowest BCUT2D eigenvalue weighted by Gasteiger charge is -2.25. The van der Waals surface area contributed by atoms with Crippen molar-refractivity contribution in [2.75, 3.05) is 17.6 Å². The second-order valence-corrected chi connectivity index (χ2v) is 5.05. The topological polar surface area (TPSA) is 63.8 Å². The van der Waals surface area contributed by atoms with Gasteiger partial charge in [0.15, 0.2) is 5.82 Å². The molecule has 0 radical (unpaired) electrons. The Balaban J connectivity index is 1.79. The highest BCUT2D eigenvalue weighted by Gasteiger charge is 2.17. The van der Waals surface area contributed by atoms with Crippen molar-refractivity contribution in [3.8, 4) is 11.4 Å². The van der Waals surface area contributed by atoms with E-state index in [2.05, 4.69) is 15.3 Å². The number of hydrogen-bond donors (Lipinski definition) is 2. The number of nitrogen functional groups attached to an aromatic ring is 1. The number of aromatic nitrogens is 2. The molecule has 1 aliphatic carbocycles. The highest BCUT2D eigenvalue weighted by Crippen LogP contribution is 2.26. The monoisotopic (exact) mass is 254 g/mol. The molecule has 0 spiro atoms. The molecule has 3 N–H and O–H groups in total. The van der Waals surface area contributed by atoms with E-state index < -0.39 is 0 Å². The van der Waals surface area contributed by atoms with E-state index >= 15 is 0 Å². The van der Waals surface area contributed by atoms with Crippen LogP contribution in [0.5, 0.6) is 0 Å². The van der Waals surface area contributed by atoms with Gasteiger partial charge >= 0.3 is 0 Å². The van der Waals surface area contributed by atoms with E-state index in [1.807, 2.05) is 30.3 Å². The van der Waals surface area contributed by atoms with Gasteiger partial charge in [0, 0.05) is 18.2 Å². The van der Waals surface area contributed by atoms with Crippen molar-refractivity contribution in [3.05, 3.63) is 36.4 Å². The fourth-order valence-corrected chi connectivity index (χ4v) is 2.22. The first kappa shape index (κ1) is 12.0. The fourth-order valence-electron chi connectivity index (χ4n) is 2.22. The molecule has 19 heavy (non-hydrogen) atoms. The Kier molecular flexibility index (Phi) is 3.31. The summed E-state index contributed by atoms with van der Waals surface area (Å²) in [4.78, 5) is 8.82. The predicted molar refractivity (Wildman–Crippen MR) is 77.7 cm³/mol. The summed E-state index contributed by atoms with van der Waals surface area (Å²) in [6, 6.07) is 11.7. The van der Waals surface area contributed by atoms with Gasteiger partial charge in [-0.3, -0.25) is 0 Å². The molecule has 2 aromatic rings. The van der Waals surface area contributed by atoms with Crippen LogP contribution in [-0.2, 0) is 0 Å². The van der Waals surface area contributed by atoms with Gasteiger partial charge in [0.25, 0.3) is 0 Å². The second kappa shape index (κ2) is 5.26. The van der Waals surface area contributed by atoms with E-state index in [0.717, 1.165) is 23.8 Å². The maximum absolute atomic E-state index is 5.86. The number of nitrogens with two attached hydrogens (primary N) is 1. The molecule has 0 bridgehead atoms. The molecular formula is C15H18N4. The molecule has 4 nitrogen and oxygen atoms in total. The van der Waals surface area contributed by atoms with Crippen molar-refractivity contribution in [2.24, 2.45) is 5.92 Å². The van der Waals surface area contributed by atoms with Crippen molar-refractivity contribution in [3.63, 3.8) is 0 Å². The lowest BCUT2D eigenvalue weighted by molar-refractivity contribution is 0.333. The molecule has 1 aliphatic rings. The Morgan fingerprint density at radius 1 is 1.16 bits per heavy atom. The van der Waals surface area contributed by atoms with Gasteiger partial charge in [-0.2, -0.15) is 0 Å². The minimum absolute atomic E-state index is 0.505. The summed E-state index contributed by atoms with van der Waals surface area (Å²) in [5.74, 6) is 2.79. The summed E-state index contributed by atoms with van der Waals surface area (Å²) in [6.07, 6.45) is 3.99. The minimum atomic E-state index is 0.505. The van der Waals surface area contributed by atoms with Crippen LogP contribution < -0.4 is 11.1 Å². The van der Waals surface area contributed by atoms with Gasteiger partial charge in [-0.1, -0.05) is 36.8 Å². The minimum Gasteiger partial charge on any atom is -0.384 e. The second-order valence-electron chi connectivity index (χ2n) is 5.05. The van der Waals surface area contributed by atoms with Crippen molar-refractivity contribution < 1.29 is 0 Å². The zero-order valence-corrected chi connectivity index (χ0v) is 10.8. The Morgan fingerprint density at radius 3 is 2.63 bits per heavy atom. The zero-order chi connectivity index (χ0) is 13.1. The molecule has 1 saturated carbocycles. The molecule has 0 saturated heterocycles. The smallest absolute Gasteiger partial charge is 0.163 e. The van der Waals surface area contributed by atoms with Gasteiger partial charge in [0.05, 0.1) is 0 Å². The van der Waals surface area contributed by atoms with Crippen LogP contribution in [0.2, 0.25) is 0 Å². The van der Waals surface area contributed by atoms with Gasteiger partial charge in [-0.15, -0.1) is 0 Å². The third-order valence-electron chi connectivity index (χ3n) is 3.57. The number of benzene rings is 1. The first-order valence-electron chi connectivity index (χ1n) is 6.75. The van der Waals surface area contributed by atoms with Crippen molar-refractivity contribution >= 4 is 11.6 Å². The Hall–Kier alpha value is -2.10. The van der Waals surface area contributed by atoms with Gasteiger partial charge < -0.3 is 11.1 Å². The lowest BCUT2D eigenvalue weighted by Crippen LogP contribution is -2.21. The SMILES string of the molecule is Nc1cc(NCC2CCC2)nc(-c2ccccc2)n1. The molecule has 1 heterocycles. The van der Waals surface area contributed by atoms with E-state index in [9.17, 15) is 0 Å². The van der Waals surface area contributed by atoms with Crippen LogP contribution in [0.4, 0.5) is 11.6 Å². The summed E-state index contributed by atoms with van der Waals surface area (Å²) >= 11 is 0. The Bertz CT molecular complexity index is 549. The third-order valence-corrected chi connectivity index (χ3v) is 3.57. The Morgan fingerprint density at radius 2 is 1.95 bits per heavy atom. The molecule has 0 amide bonds. The molecule has 4 heteroatoms. The first-order valence-corrected chi connectivity index (χ1v) is 6.75. The molecule has 0 unspecified atom stereocenters. The number of nitrogens with one attached hydrogen (secondary N) is 1. The normalized spacial score (nSPS) is 14.9. The molecule has 1 aromatic carbocycles. The van der Waals surface area contributed by atoms with Crippen molar-refractivity contribution in [1.29, 1.82) is 0 Å². The summed E-state index contributed by atoms with van der Waals surface area (Å²) in [5, 5.41) is 3.37. The predicted octanol–water partition coefficient (Wildman–Crippen LogP) is 2.94. The maximum Gasteiger partial charge on any atom is 0.163 e. The lowest BCUT2D eigenvalue weighted by atomic mass is 9.85. The summed E-state index contributed by atoms with van der Waals surface area (Å²) in [7, 11) is 0. The van der Waals surface area contributed by atoms with E-state index in [0.29, 0.717) is 11.6 Å². The molecular weight excluding hydrogens is 236 g/mol. The van der Waals surface area contributed by atoms with Gasteiger partial charge in [0.2, 0.25) is 0 Å². The average molecular weight is 254 g/mol. The molecule has 98 valence electrons. The molecule has 3 rings (SSSR count).